The van der Waals surface area contributed by atoms with Crippen LogP contribution in [0.2, 0.25) is 0 Å². The predicted molar refractivity (Wildman–Crippen MR) is 128 cm³/mol. The van der Waals surface area contributed by atoms with Crippen molar-refractivity contribution in [2.45, 2.75) is 18.9 Å². The molecule has 0 saturated heterocycles. The second-order valence-electron chi connectivity index (χ2n) is 8.50. The number of nitrogens with one attached hydrogen (secondary N) is 1. The summed E-state index contributed by atoms with van der Waals surface area (Å²) in [6, 6.07) is 19.9. The van der Waals surface area contributed by atoms with Gasteiger partial charge in [-0.25, -0.2) is 4.98 Å². The average Bonchev–Trinajstić information content (AvgIpc) is 3.62. The van der Waals surface area contributed by atoms with Crippen LogP contribution in [0.5, 0.6) is 5.75 Å². The molecule has 0 aliphatic heterocycles. The molecular formula is C25H31N5O2. The molecule has 4 rings (SSSR count). The number of nitrogens with zero attached hydrogens (tertiary/aromatic N) is 4. The van der Waals surface area contributed by atoms with Gasteiger partial charge in [0.2, 0.25) is 5.95 Å². The van der Waals surface area contributed by atoms with Crippen LogP contribution < -0.4 is 15.0 Å². The van der Waals surface area contributed by atoms with Gasteiger partial charge in [-0.05, 0) is 75.3 Å². The van der Waals surface area contributed by atoms with Crippen molar-refractivity contribution in [1.29, 1.82) is 0 Å². The van der Waals surface area contributed by atoms with Crippen molar-refractivity contribution in [1.82, 2.24) is 14.9 Å². The van der Waals surface area contributed by atoms with E-state index in [1.54, 1.807) is 6.20 Å². The Morgan fingerprint density at radius 2 is 1.81 bits per heavy atom. The van der Waals surface area contributed by atoms with Crippen LogP contribution in [-0.2, 0) is 0 Å². The van der Waals surface area contributed by atoms with Crippen molar-refractivity contribution in [2.75, 3.05) is 44.0 Å². The third-order valence-electron chi connectivity index (χ3n) is 5.25. The van der Waals surface area contributed by atoms with E-state index in [-0.39, 0.29) is 6.61 Å². The number of likely N-dealkylation sites (N-methyl/N-ethyl adjacent to an activating group) is 1. The largest absolute Gasteiger partial charge is 0.491 e. The second kappa shape index (κ2) is 10.4. The first kappa shape index (κ1) is 22.0. The van der Waals surface area contributed by atoms with Crippen LogP contribution in [-0.4, -0.2) is 59.9 Å². The number of para-hydroxylation sites is 1. The molecule has 32 heavy (non-hydrogen) atoms. The zero-order valence-electron chi connectivity index (χ0n) is 18.7. The zero-order chi connectivity index (χ0) is 22.3. The monoisotopic (exact) mass is 433 g/mol. The summed E-state index contributed by atoms with van der Waals surface area (Å²) in [4.78, 5) is 13.4. The molecule has 1 fully saturated rings. The highest BCUT2D eigenvalue weighted by molar-refractivity contribution is 5.62. The first-order chi connectivity index (χ1) is 15.6. The van der Waals surface area contributed by atoms with Crippen LogP contribution in [0.25, 0.3) is 0 Å². The maximum absolute atomic E-state index is 9.94. The van der Waals surface area contributed by atoms with Gasteiger partial charge >= 0.3 is 0 Å². The molecule has 2 N–H and O–H groups in total. The maximum atomic E-state index is 9.94. The number of aliphatic hydroxyl groups excluding tert-OH is 1. The first-order valence-electron chi connectivity index (χ1n) is 11.0. The number of rotatable bonds is 11. The molecule has 0 bridgehead atoms. The summed E-state index contributed by atoms with van der Waals surface area (Å²) in [7, 11) is 3.84. The topological polar surface area (TPSA) is 73.8 Å². The molecule has 1 atom stereocenters. The summed E-state index contributed by atoms with van der Waals surface area (Å²) in [5.41, 5.74) is 2.01. The molecule has 1 aliphatic rings. The number of benzene rings is 2. The fourth-order valence-corrected chi connectivity index (χ4v) is 3.49. The second-order valence-corrected chi connectivity index (χ2v) is 8.50. The summed E-state index contributed by atoms with van der Waals surface area (Å²) >= 11 is 0. The van der Waals surface area contributed by atoms with E-state index in [2.05, 4.69) is 39.5 Å². The Kier molecular flexibility index (Phi) is 7.19. The molecular weight excluding hydrogens is 402 g/mol. The highest BCUT2D eigenvalue weighted by Crippen LogP contribution is 2.34. The highest BCUT2D eigenvalue weighted by Gasteiger charge is 2.26. The quantitative estimate of drug-likeness (QED) is 0.472. The summed E-state index contributed by atoms with van der Waals surface area (Å²) in [6.45, 7) is 1.78. The summed E-state index contributed by atoms with van der Waals surface area (Å²) < 4.78 is 5.67. The first-order valence-corrected chi connectivity index (χ1v) is 11.0. The molecule has 168 valence electrons. The van der Waals surface area contributed by atoms with E-state index in [9.17, 15) is 5.11 Å². The fourth-order valence-electron chi connectivity index (χ4n) is 3.49. The zero-order valence-corrected chi connectivity index (χ0v) is 18.7. The van der Waals surface area contributed by atoms with Gasteiger partial charge in [0.15, 0.2) is 0 Å². The van der Waals surface area contributed by atoms with E-state index >= 15 is 0 Å². The lowest BCUT2D eigenvalue weighted by molar-refractivity contribution is 0.0831. The Labute approximate surface area is 189 Å². The van der Waals surface area contributed by atoms with Crippen LogP contribution in [0.15, 0.2) is 66.9 Å². The molecule has 1 aliphatic carbocycles. The van der Waals surface area contributed by atoms with Crippen molar-refractivity contribution in [3.05, 3.63) is 66.9 Å². The molecule has 0 amide bonds. The molecule has 0 radical (unpaired) electrons. The molecule has 1 unspecified atom stereocenters. The van der Waals surface area contributed by atoms with Crippen molar-refractivity contribution in [3.8, 4) is 5.75 Å². The van der Waals surface area contributed by atoms with Crippen molar-refractivity contribution in [2.24, 2.45) is 5.92 Å². The van der Waals surface area contributed by atoms with Gasteiger partial charge in [-0.1, -0.05) is 18.2 Å². The Hall–Kier alpha value is -3.16. The fraction of sp³-hybridized carbons (Fsp3) is 0.360. The highest BCUT2D eigenvalue weighted by atomic mass is 16.5. The summed E-state index contributed by atoms with van der Waals surface area (Å²) in [5.74, 6) is 2.87. The third-order valence-corrected chi connectivity index (χ3v) is 5.25. The van der Waals surface area contributed by atoms with Gasteiger partial charge in [0.1, 0.15) is 24.3 Å². The molecule has 7 nitrogen and oxygen atoms in total. The Morgan fingerprint density at radius 3 is 2.50 bits per heavy atom. The number of hydrogen-bond donors (Lipinski definition) is 2. The van der Waals surface area contributed by atoms with Crippen molar-refractivity contribution < 1.29 is 9.84 Å². The molecule has 3 aromatic rings. The minimum absolute atomic E-state index is 0.256. The predicted octanol–water partition coefficient (Wildman–Crippen LogP) is 4.07. The third kappa shape index (κ3) is 6.42. The van der Waals surface area contributed by atoms with Crippen LogP contribution in [0, 0.1) is 5.92 Å². The number of hydrogen-bond acceptors (Lipinski definition) is 7. The maximum Gasteiger partial charge on any atom is 0.229 e. The smallest absolute Gasteiger partial charge is 0.229 e. The molecule has 1 aromatic heterocycles. The van der Waals surface area contributed by atoms with Gasteiger partial charge in [-0.3, -0.25) is 0 Å². The van der Waals surface area contributed by atoms with Crippen LogP contribution >= 0.6 is 0 Å². The molecule has 0 spiro atoms. The van der Waals surface area contributed by atoms with Crippen LogP contribution in [0.1, 0.15) is 12.8 Å². The van der Waals surface area contributed by atoms with E-state index in [0.717, 1.165) is 29.7 Å². The van der Waals surface area contributed by atoms with Gasteiger partial charge in [0, 0.05) is 30.7 Å². The van der Waals surface area contributed by atoms with E-state index in [4.69, 9.17) is 9.72 Å². The Balaban J connectivity index is 1.41. The SMILES string of the molecule is CN(C)CC(O)COc1ccc(Nc2nccc(N(CC3CC3)c3ccccc3)n2)cc1. The Morgan fingerprint density at radius 1 is 1.06 bits per heavy atom. The number of anilines is 4. The van der Waals surface area contributed by atoms with Crippen molar-refractivity contribution >= 4 is 23.1 Å². The van der Waals surface area contributed by atoms with Crippen molar-refractivity contribution in [3.63, 3.8) is 0 Å². The standard InChI is InChI=1S/C25H31N5O2/c1-29(2)17-22(31)18-32-23-12-10-20(11-13-23)27-25-26-15-14-24(28-25)30(16-19-8-9-19)21-6-4-3-5-7-21/h3-7,10-15,19,22,31H,8-9,16-18H2,1-2H3,(H,26,27,28). The molecule has 1 heterocycles. The number of aliphatic hydroxyl groups is 1. The van der Waals surface area contributed by atoms with Crippen LogP contribution in [0.3, 0.4) is 0 Å². The van der Waals surface area contributed by atoms with Gasteiger partial charge < -0.3 is 25.0 Å². The average molecular weight is 434 g/mol. The molecule has 7 heteroatoms. The van der Waals surface area contributed by atoms with Crippen LogP contribution in [0.4, 0.5) is 23.1 Å². The van der Waals surface area contributed by atoms with E-state index in [1.807, 2.05) is 55.4 Å². The van der Waals surface area contributed by atoms with Gasteiger partial charge in [-0.2, -0.15) is 4.98 Å². The lowest BCUT2D eigenvalue weighted by Crippen LogP contribution is -2.30. The van der Waals surface area contributed by atoms with Gasteiger partial charge in [-0.15, -0.1) is 0 Å². The normalized spacial score (nSPS) is 14.2. The molecule has 1 saturated carbocycles. The lowest BCUT2D eigenvalue weighted by Gasteiger charge is -2.24. The summed E-state index contributed by atoms with van der Waals surface area (Å²) in [5, 5.41) is 13.2. The minimum Gasteiger partial charge on any atom is -0.491 e. The van der Waals surface area contributed by atoms with E-state index < -0.39 is 6.10 Å². The minimum atomic E-state index is -0.526. The Bertz CT molecular complexity index is 977. The number of aromatic nitrogens is 2. The number of ether oxygens (including phenoxy) is 1. The molecule has 2 aromatic carbocycles. The van der Waals surface area contributed by atoms with Gasteiger partial charge in [0.05, 0.1) is 0 Å². The summed E-state index contributed by atoms with van der Waals surface area (Å²) in [6.07, 6.45) is 3.82. The van der Waals surface area contributed by atoms with Gasteiger partial charge in [0.25, 0.3) is 0 Å². The van der Waals surface area contributed by atoms with E-state index in [0.29, 0.717) is 18.2 Å². The van der Waals surface area contributed by atoms with E-state index in [1.165, 1.54) is 12.8 Å². The lowest BCUT2D eigenvalue weighted by atomic mass is 10.2.